The lowest BCUT2D eigenvalue weighted by Crippen LogP contribution is -1.93. The number of rotatable bonds is 3. The first-order valence-corrected chi connectivity index (χ1v) is 3.51. The molecule has 0 heterocycles. The first-order chi connectivity index (χ1) is 3.41. The van der Waals surface area contributed by atoms with Gasteiger partial charge in [0, 0.05) is 4.43 Å². The molecule has 0 aliphatic heterocycles. The average molecular weight is 210 g/mol. The molecule has 0 N–H and O–H groups in total. The van der Waals surface area contributed by atoms with Gasteiger partial charge in [0.05, 0.1) is 6.61 Å². The fourth-order valence-corrected chi connectivity index (χ4v) is 0.497. The van der Waals surface area contributed by atoms with Crippen molar-refractivity contribution < 1.29 is 4.74 Å². The van der Waals surface area contributed by atoms with Gasteiger partial charge in [-0.2, -0.15) is 0 Å². The van der Waals surface area contributed by atoms with Crippen molar-refractivity contribution in [1.29, 1.82) is 0 Å². The Labute approximate surface area is 57.6 Å². The van der Waals surface area contributed by atoms with Gasteiger partial charge in [0.1, 0.15) is 6.61 Å². The molecule has 0 atom stereocenters. The third-order valence-electron chi connectivity index (χ3n) is 0.407. The van der Waals surface area contributed by atoms with Gasteiger partial charge in [-0.05, 0) is 0 Å². The topological polar surface area (TPSA) is 9.23 Å². The van der Waals surface area contributed by atoms with Crippen molar-refractivity contribution in [1.82, 2.24) is 0 Å². The highest BCUT2D eigenvalue weighted by Crippen LogP contribution is 1.80. The maximum absolute atomic E-state index is 4.89. The van der Waals surface area contributed by atoms with Gasteiger partial charge in [-0.15, -0.1) is 6.42 Å². The third-order valence-corrected chi connectivity index (χ3v) is 0.847. The Morgan fingerprint density at radius 1 is 1.71 bits per heavy atom. The van der Waals surface area contributed by atoms with Crippen LogP contribution in [-0.2, 0) is 4.74 Å². The van der Waals surface area contributed by atoms with Gasteiger partial charge in [-0.25, -0.2) is 0 Å². The lowest BCUT2D eigenvalue weighted by Gasteiger charge is -1.90. The molecule has 0 fully saturated rings. The normalized spacial score (nSPS) is 8.00. The molecule has 0 saturated carbocycles. The predicted molar refractivity (Wildman–Crippen MR) is 38.5 cm³/mol. The predicted octanol–water partition coefficient (Wildman–Crippen LogP) is 1.07. The van der Waals surface area contributed by atoms with E-state index in [0.29, 0.717) is 6.61 Å². The van der Waals surface area contributed by atoms with Crippen LogP contribution >= 0.6 is 22.6 Å². The smallest absolute Gasteiger partial charge is 0.107 e. The minimum atomic E-state index is 0.447. The van der Waals surface area contributed by atoms with E-state index in [1.807, 2.05) is 0 Å². The van der Waals surface area contributed by atoms with E-state index < -0.39 is 0 Å². The monoisotopic (exact) mass is 210 g/mol. The summed E-state index contributed by atoms with van der Waals surface area (Å²) in [6, 6.07) is 0. The standard InChI is InChI=1S/C5H7IO/c1-2-4-7-5-3-6/h1H,3-5H2. The highest BCUT2D eigenvalue weighted by molar-refractivity contribution is 14.1. The van der Waals surface area contributed by atoms with Crippen molar-refractivity contribution in [3.8, 4) is 12.3 Å². The molecular formula is C5H7IO. The van der Waals surface area contributed by atoms with Gasteiger partial charge >= 0.3 is 0 Å². The van der Waals surface area contributed by atoms with Crippen LogP contribution in [0.2, 0.25) is 0 Å². The summed E-state index contributed by atoms with van der Waals surface area (Å²) in [6.07, 6.45) is 4.89. The van der Waals surface area contributed by atoms with Gasteiger partial charge < -0.3 is 4.74 Å². The fraction of sp³-hybridized carbons (Fsp3) is 0.600. The van der Waals surface area contributed by atoms with E-state index in [1.165, 1.54) is 0 Å². The highest BCUT2D eigenvalue weighted by Gasteiger charge is 1.76. The highest BCUT2D eigenvalue weighted by atomic mass is 127. The fourth-order valence-electron chi connectivity index (χ4n) is 0.186. The van der Waals surface area contributed by atoms with E-state index in [1.54, 1.807) is 0 Å². The lowest BCUT2D eigenvalue weighted by atomic mass is 10.7. The van der Waals surface area contributed by atoms with E-state index >= 15 is 0 Å². The summed E-state index contributed by atoms with van der Waals surface area (Å²) in [7, 11) is 0. The molecule has 0 aromatic carbocycles. The van der Waals surface area contributed by atoms with E-state index in [9.17, 15) is 0 Å². The van der Waals surface area contributed by atoms with Crippen LogP contribution in [0.15, 0.2) is 0 Å². The number of hydrogen-bond donors (Lipinski definition) is 0. The first kappa shape index (κ1) is 7.25. The molecule has 7 heavy (non-hydrogen) atoms. The van der Waals surface area contributed by atoms with E-state index in [-0.39, 0.29) is 0 Å². The molecule has 0 rings (SSSR count). The van der Waals surface area contributed by atoms with Crippen molar-refractivity contribution in [2.24, 2.45) is 0 Å². The van der Waals surface area contributed by atoms with Crippen molar-refractivity contribution >= 4 is 22.6 Å². The van der Waals surface area contributed by atoms with Crippen molar-refractivity contribution in [2.45, 2.75) is 0 Å². The number of halogens is 1. The van der Waals surface area contributed by atoms with E-state index in [4.69, 9.17) is 11.2 Å². The molecule has 0 saturated heterocycles. The quantitative estimate of drug-likeness (QED) is 0.293. The number of hydrogen-bond acceptors (Lipinski definition) is 1. The molecule has 0 radical (unpaired) electrons. The Balaban J connectivity index is 2.60. The molecule has 0 aromatic heterocycles. The molecule has 0 aromatic rings. The van der Waals surface area contributed by atoms with Gasteiger partial charge in [-0.1, -0.05) is 28.5 Å². The molecule has 0 aliphatic carbocycles. The summed E-state index contributed by atoms with van der Waals surface area (Å²) in [4.78, 5) is 0. The molecule has 0 unspecified atom stereocenters. The van der Waals surface area contributed by atoms with Crippen LogP contribution in [0, 0.1) is 12.3 Å². The zero-order valence-electron chi connectivity index (χ0n) is 3.98. The van der Waals surface area contributed by atoms with Gasteiger partial charge in [0.25, 0.3) is 0 Å². The second-order valence-electron chi connectivity index (χ2n) is 0.946. The molecule has 0 bridgehead atoms. The van der Waals surface area contributed by atoms with Crippen molar-refractivity contribution in [3.05, 3.63) is 0 Å². The van der Waals surface area contributed by atoms with Crippen LogP contribution in [0.25, 0.3) is 0 Å². The maximum Gasteiger partial charge on any atom is 0.107 e. The Morgan fingerprint density at radius 2 is 2.43 bits per heavy atom. The van der Waals surface area contributed by atoms with Gasteiger partial charge in [0.15, 0.2) is 0 Å². The summed E-state index contributed by atoms with van der Waals surface area (Å²) in [5.74, 6) is 2.38. The SMILES string of the molecule is C#CCOCCI. The molecule has 0 spiro atoms. The van der Waals surface area contributed by atoms with Crippen LogP contribution in [0.4, 0.5) is 0 Å². The van der Waals surface area contributed by atoms with Gasteiger partial charge in [0.2, 0.25) is 0 Å². The Bertz CT molecular complexity index is 65.0. The average Bonchev–Trinajstić information content (AvgIpc) is 1.69. The molecule has 2 heteroatoms. The minimum absolute atomic E-state index is 0.447. The Morgan fingerprint density at radius 3 is 2.86 bits per heavy atom. The lowest BCUT2D eigenvalue weighted by molar-refractivity contribution is 0.187. The second kappa shape index (κ2) is 6.25. The van der Waals surface area contributed by atoms with Crippen LogP contribution in [0.5, 0.6) is 0 Å². The number of terminal acetylenes is 1. The second-order valence-corrected chi connectivity index (χ2v) is 2.02. The number of ether oxygens (including phenoxy) is 1. The van der Waals surface area contributed by atoms with Gasteiger partial charge in [-0.3, -0.25) is 0 Å². The first-order valence-electron chi connectivity index (χ1n) is 1.99. The zero-order chi connectivity index (χ0) is 5.54. The summed E-state index contributed by atoms with van der Waals surface area (Å²) in [5.41, 5.74) is 0. The van der Waals surface area contributed by atoms with Crippen molar-refractivity contribution in [2.75, 3.05) is 17.6 Å². The minimum Gasteiger partial charge on any atom is -0.368 e. The summed E-state index contributed by atoms with van der Waals surface area (Å²) < 4.78 is 5.90. The number of alkyl halides is 1. The van der Waals surface area contributed by atoms with Crippen LogP contribution < -0.4 is 0 Å². The zero-order valence-corrected chi connectivity index (χ0v) is 6.14. The largest absolute Gasteiger partial charge is 0.368 e. The molecule has 0 amide bonds. The molecule has 0 aliphatic rings. The Kier molecular flexibility index (Phi) is 6.47. The maximum atomic E-state index is 4.89. The van der Waals surface area contributed by atoms with E-state index in [2.05, 4.69) is 28.5 Å². The van der Waals surface area contributed by atoms with E-state index in [0.717, 1.165) is 11.0 Å². The summed E-state index contributed by atoms with van der Waals surface area (Å²) >= 11 is 2.23. The van der Waals surface area contributed by atoms with Crippen molar-refractivity contribution in [3.63, 3.8) is 0 Å². The van der Waals surface area contributed by atoms with Crippen LogP contribution in [0.1, 0.15) is 0 Å². The van der Waals surface area contributed by atoms with Crippen LogP contribution in [0.3, 0.4) is 0 Å². The van der Waals surface area contributed by atoms with Crippen LogP contribution in [-0.4, -0.2) is 17.6 Å². The Hall–Kier alpha value is 0.250. The molecule has 40 valence electrons. The molecule has 1 nitrogen and oxygen atoms in total. The molecular weight excluding hydrogens is 203 g/mol. The third kappa shape index (κ3) is 6.25. The summed E-state index contributed by atoms with van der Waals surface area (Å²) in [6.45, 7) is 1.22. The summed E-state index contributed by atoms with van der Waals surface area (Å²) in [5, 5.41) is 0.